The first-order chi connectivity index (χ1) is 10.2. The van der Waals surface area contributed by atoms with Crippen LogP contribution in [0.4, 0.5) is 5.82 Å². The first-order valence-electron chi connectivity index (χ1n) is 7.44. The zero-order valence-corrected chi connectivity index (χ0v) is 12.6. The summed E-state index contributed by atoms with van der Waals surface area (Å²) in [6.07, 6.45) is 5.02. The number of hydrogen-bond acceptors (Lipinski definition) is 3. The van der Waals surface area contributed by atoms with Gasteiger partial charge in [0.2, 0.25) is 5.91 Å². The lowest BCUT2D eigenvalue weighted by Crippen LogP contribution is -2.12. The SMILES string of the molecule is CCCC(C)c1cc(NC(=O)CCc2ccccn2)n[nH]1. The summed E-state index contributed by atoms with van der Waals surface area (Å²) in [6.45, 7) is 4.32. The third-order valence-corrected chi connectivity index (χ3v) is 3.45. The Balaban J connectivity index is 1.83. The van der Waals surface area contributed by atoms with E-state index in [1.54, 1.807) is 6.20 Å². The molecule has 1 atom stereocenters. The van der Waals surface area contributed by atoms with E-state index in [1.165, 1.54) is 0 Å². The molecule has 0 fully saturated rings. The molecule has 0 saturated heterocycles. The number of nitrogens with zero attached hydrogens (tertiary/aromatic N) is 2. The average Bonchev–Trinajstić information content (AvgIpc) is 2.95. The molecule has 0 spiro atoms. The van der Waals surface area contributed by atoms with Gasteiger partial charge in [0.25, 0.3) is 0 Å². The van der Waals surface area contributed by atoms with E-state index in [4.69, 9.17) is 0 Å². The van der Waals surface area contributed by atoms with Crippen LogP contribution in [0.2, 0.25) is 0 Å². The molecular weight excluding hydrogens is 264 g/mol. The maximum atomic E-state index is 11.9. The van der Waals surface area contributed by atoms with Crippen LogP contribution in [-0.4, -0.2) is 21.1 Å². The average molecular weight is 286 g/mol. The summed E-state index contributed by atoms with van der Waals surface area (Å²) in [5, 5.41) is 9.95. The number of H-pyrrole nitrogens is 1. The monoisotopic (exact) mass is 286 g/mol. The van der Waals surface area contributed by atoms with Gasteiger partial charge in [-0.05, 0) is 30.9 Å². The van der Waals surface area contributed by atoms with E-state index >= 15 is 0 Å². The van der Waals surface area contributed by atoms with Gasteiger partial charge in [0.05, 0.1) is 0 Å². The maximum Gasteiger partial charge on any atom is 0.225 e. The van der Waals surface area contributed by atoms with Gasteiger partial charge in [-0.25, -0.2) is 0 Å². The van der Waals surface area contributed by atoms with Gasteiger partial charge in [-0.2, -0.15) is 5.10 Å². The summed E-state index contributed by atoms with van der Waals surface area (Å²) < 4.78 is 0. The van der Waals surface area contributed by atoms with Gasteiger partial charge in [0.15, 0.2) is 5.82 Å². The quantitative estimate of drug-likeness (QED) is 0.820. The number of aromatic amines is 1. The van der Waals surface area contributed by atoms with Crippen molar-refractivity contribution in [3.63, 3.8) is 0 Å². The molecular formula is C16H22N4O. The second kappa shape index (κ2) is 7.57. The van der Waals surface area contributed by atoms with E-state index in [-0.39, 0.29) is 5.91 Å². The molecule has 0 aromatic carbocycles. The van der Waals surface area contributed by atoms with Crippen LogP contribution in [0, 0.1) is 0 Å². The Kier molecular flexibility index (Phi) is 5.49. The molecule has 2 heterocycles. The fourth-order valence-electron chi connectivity index (χ4n) is 2.23. The second-order valence-electron chi connectivity index (χ2n) is 5.27. The summed E-state index contributed by atoms with van der Waals surface area (Å²) in [6, 6.07) is 7.63. The zero-order chi connectivity index (χ0) is 15.1. The Morgan fingerprint density at radius 3 is 3.00 bits per heavy atom. The Labute approximate surface area is 125 Å². The lowest BCUT2D eigenvalue weighted by Gasteiger charge is -2.05. The normalized spacial score (nSPS) is 12.1. The minimum absolute atomic E-state index is 0.0400. The Hall–Kier alpha value is -2.17. The zero-order valence-electron chi connectivity index (χ0n) is 12.6. The predicted octanol–water partition coefficient (Wildman–Crippen LogP) is 3.28. The number of amides is 1. The smallest absolute Gasteiger partial charge is 0.225 e. The molecule has 0 bridgehead atoms. The van der Waals surface area contributed by atoms with E-state index in [1.807, 2.05) is 24.3 Å². The van der Waals surface area contributed by atoms with Crippen molar-refractivity contribution in [2.24, 2.45) is 0 Å². The second-order valence-corrected chi connectivity index (χ2v) is 5.27. The lowest BCUT2D eigenvalue weighted by molar-refractivity contribution is -0.116. The van der Waals surface area contributed by atoms with Crippen LogP contribution < -0.4 is 5.32 Å². The van der Waals surface area contributed by atoms with E-state index in [2.05, 4.69) is 34.3 Å². The molecule has 0 aliphatic carbocycles. The Morgan fingerprint density at radius 2 is 2.29 bits per heavy atom. The van der Waals surface area contributed by atoms with Crippen LogP contribution in [0.15, 0.2) is 30.5 Å². The summed E-state index contributed by atoms with van der Waals surface area (Å²) >= 11 is 0. The standard InChI is InChI=1S/C16H22N4O/c1-3-6-12(2)14-11-15(20-19-14)18-16(21)9-8-13-7-4-5-10-17-13/h4-5,7,10-12H,3,6,8-9H2,1-2H3,(H2,18,19,20,21). The third kappa shape index (κ3) is 4.70. The highest BCUT2D eigenvalue weighted by molar-refractivity contribution is 5.89. The number of anilines is 1. The number of carbonyl (C=O) groups excluding carboxylic acids is 1. The van der Waals surface area contributed by atoms with Gasteiger partial charge < -0.3 is 5.32 Å². The molecule has 112 valence electrons. The topological polar surface area (TPSA) is 70.7 Å². The van der Waals surface area contributed by atoms with Crippen molar-refractivity contribution in [3.8, 4) is 0 Å². The molecule has 1 unspecified atom stereocenters. The minimum Gasteiger partial charge on any atom is -0.309 e. The molecule has 2 aromatic rings. The minimum atomic E-state index is -0.0400. The van der Waals surface area contributed by atoms with Gasteiger partial charge in [0.1, 0.15) is 0 Å². The predicted molar refractivity (Wildman–Crippen MR) is 83.1 cm³/mol. The fraction of sp³-hybridized carbons (Fsp3) is 0.438. The highest BCUT2D eigenvalue weighted by Crippen LogP contribution is 2.20. The van der Waals surface area contributed by atoms with Gasteiger partial charge in [-0.15, -0.1) is 0 Å². The third-order valence-electron chi connectivity index (χ3n) is 3.45. The number of hydrogen-bond donors (Lipinski definition) is 2. The van der Waals surface area contributed by atoms with Crippen molar-refractivity contribution in [2.75, 3.05) is 5.32 Å². The first kappa shape index (κ1) is 15.2. The molecule has 5 heteroatoms. The molecule has 1 amide bonds. The largest absolute Gasteiger partial charge is 0.309 e. The highest BCUT2D eigenvalue weighted by Gasteiger charge is 2.10. The Morgan fingerprint density at radius 1 is 1.43 bits per heavy atom. The van der Waals surface area contributed by atoms with E-state index in [9.17, 15) is 4.79 Å². The van der Waals surface area contributed by atoms with Crippen molar-refractivity contribution in [1.29, 1.82) is 0 Å². The summed E-state index contributed by atoms with van der Waals surface area (Å²) in [5.74, 6) is 0.988. The molecule has 0 radical (unpaired) electrons. The lowest BCUT2D eigenvalue weighted by atomic mass is 10.0. The van der Waals surface area contributed by atoms with E-state index in [0.29, 0.717) is 24.6 Å². The van der Waals surface area contributed by atoms with Crippen LogP contribution in [0.1, 0.15) is 50.4 Å². The van der Waals surface area contributed by atoms with Crippen LogP contribution >= 0.6 is 0 Å². The summed E-state index contributed by atoms with van der Waals surface area (Å²) in [7, 11) is 0. The maximum absolute atomic E-state index is 11.9. The number of rotatable bonds is 7. The van der Waals surface area contributed by atoms with Crippen molar-refractivity contribution in [3.05, 3.63) is 41.9 Å². The van der Waals surface area contributed by atoms with Crippen molar-refractivity contribution < 1.29 is 4.79 Å². The molecule has 2 aromatic heterocycles. The molecule has 5 nitrogen and oxygen atoms in total. The van der Waals surface area contributed by atoms with Crippen molar-refractivity contribution in [1.82, 2.24) is 15.2 Å². The molecule has 0 aliphatic rings. The number of carbonyl (C=O) groups is 1. The fourth-order valence-corrected chi connectivity index (χ4v) is 2.23. The van der Waals surface area contributed by atoms with Gasteiger partial charge in [0, 0.05) is 30.1 Å². The molecule has 21 heavy (non-hydrogen) atoms. The van der Waals surface area contributed by atoms with Crippen LogP contribution in [0.5, 0.6) is 0 Å². The van der Waals surface area contributed by atoms with E-state index in [0.717, 1.165) is 24.2 Å². The van der Waals surface area contributed by atoms with E-state index < -0.39 is 0 Å². The van der Waals surface area contributed by atoms with Crippen molar-refractivity contribution in [2.45, 2.75) is 45.4 Å². The number of nitrogens with one attached hydrogen (secondary N) is 2. The van der Waals surface area contributed by atoms with Gasteiger partial charge in [-0.3, -0.25) is 14.9 Å². The number of aryl methyl sites for hydroxylation is 1. The molecule has 0 saturated carbocycles. The Bertz CT molecular complexity index is 565. The summed E-state index contributed by atoms with van der Waals surface area (Å²) in [4.78, 5) is 16.1. The summed E-state index contributed by atoms with van der Waals surface area (Å²) in [5.41, 5.74) is 1.99. The molecule has 0 aliphatic heterocycles. The molecule has 2 N–H and O–H groups in total. The first-order valence-corrected chi connectivity index (χ1v) is 7.44. The van der Waals surface area contributed by atoms with Crippen LogP contribution in [0.3, 0.4) is 0 Å². The van der Waals surface area contributed by atoms with Gasteiger partial charge in [-0.1, -0.05) is 26.3 Å². The number of pyridine rings is 1. The highest BCUT2D eigenvalue weighted by atomic mass is 16.1. The number of aromatic nitrogens is 3. The van der Waals surface area contributed by atoms with Crippen LogP contribution in [0.25, 0.3) is 0 Å². The van der Waals surface area contributed by atoms with Gasteiger partial charge >= 0.3 is 0 Å². The molecule has 2 rings (SSSR count). The van der Waals surface area contributed by atoms with Crippen LogP contribution in [-0.2, 0) is 11.2 Å². The van der Waals surface area contributed by atoms with Crippen molar-refractivity contribution >= 4 is 11.7 Å².